The maximum Gasteiger partial charge on any atom is 0.241 e. The minimum absolute atomic E-state index is 0.00186. The molecule has 0 aliphatic rings. The Kier molecular flexibility index (Phi) is 3.96. The Hall–Kier alpha value is -1.04. The van der Waals surface area contributed by atoms with Crippen LogP contribution < -0.4 is 10.5 Å². The van der Waals surface area contributed by atoms with Gasteiger partial charge < -0.3 is 5.73 Å². The third-order valence-electron chi connectivity index (χ3n) is 2.07. The second-order valence-corrected chi connectivity index (χ2v) is 5.58. The van der Waals surface area contributed by atoms with E-state index in [1.54, 1.807) is 19.1 Å². The van der Waals surface area contributed by atoms with Crippen LogP contribution in [0, 0.1) is 6.92 Å². The molecule has 0 heterocycles. The zero-order valence-electron chi connectivity index (χ0n) is 8.83. The number of nitrogens with two attached hydrogens (primary N) is 1. The zero-order valence-corrected chi connectivity index (χ0v) is 10.4. The third-order valence-corrected chi connectivity index (χ3v) is 3.75. The molecule has 0 unspecified atom stereocenters. The number of benzene rings is 1. The second-order valence-electron chi connectivity index (χ2n) is 3.31. The van der Waals surface area contributed by atoms with Crippen LogP contribution in [0.15, 0.2) is 34.7 Å². The molecule has 0 fully saturated rings. The summed E-state index contributed by atoms with van der Waals surface area (Å²) in [7, 11) is -3.58. The van der Waals surface area contributed by atoms with Gasteiger partial charge in [-0.1, -0.05) is 24.2 Å². The highest BCUT2D eigenvalue weighted by Crippen LogP contribution is 2.20. The SMILES string of the molecule is C=C(Cl)CNS(=O)(=O)c1cccc(N)c1C. The highest BCUT2D eigenvalue weighted by molar-refractivity contribution is 7.89. The molecule has 0 saturated carbocycles. The Labute approximate surface area is 100 Å². The molecule has 0 spiro atoms. The van der Waals surface area contributed by atoms with Gasteiger partial charge >= 0.3 is 0 Å². The van der Waals surface area contributed by atoms with Crippen molar-refractivity contribution in [1.29, 1.82) is 0 Å². The molecule has 0 aliphatic heterocycles. The summed E-state index contributed by atoms with van der Waals surface area (Å²) in [6.07, 6.45) is 0. The molecule has 0 saturated heterocycles. The highest BCUT2D eigenvalue weighted by atomic mass is 35.5. The summed E-state index contributed by atoms with van der Waals surface area (Å²) in [5.41, 5.74) is 6.60. The monoisotopic (exact) mass is 260 g/mol. The van der Waals surface area contributed by atoms with Gasteiger partial charge in [0.1, 0.15) is 0 Å². The minimum Gasteiger partial charge on any atom is -0.398 e. The predicted molar refractivity (Wildman–Crippen MR) is 65.8 cm³/mol. The Morgan fingerprint density at radius 3 is 2.75 bits per heavy atom. The Bertz CT molecular complexity index is 512. The van der Waals surface area contributed by atoms with Crippen molar-refractivity contribution in [1.82, 2.24) is 4.72 Å². The van der Waals surface area contributed by atoms with E-state index < -0.39 is 10.0 Å². The van der Waals surface area contributed by atoms with Gasteiger partial charge in [-0.3, -0.25) is 0 Å². The quantitative estimate of drug-likeness (QED) is 0.808. The molecule has 1 aromatic carbocycles. The van der Waals surface area contributed by atoms with Gasteiger partial charge in [0.05, 0.1) is 4.90 Å². The average molecular weight is 261 g/mol. The summed E-state index contributed by atoms with van der Waals surface area (Å²) in [5, 5.41) is 0.227. The number of hydrogen-bond acceptors (Lipinski definition) is 3. The first-order valence-electron chi connectivity index (χ1n) is 4.52. The maximum atomic E-state index is 11.8. The Balaban J connectivity index is 3.08. The predicted octanol–water partition coefficient (Wildman–Crippen LogP) is 1.61. The lowest BCUT2D eigenvalue weighted by Crippen LogP contribution is -2.25. The molecule has 0 radical (unpaired) electrons. The van der Waals surface area contributed by atoms with Gasteiger partial charge in [0, 0.05) is 17.3 Å². The molecule has 0 atom stereocenters. The van der Waals surface area contributed by atoms with Crippen LogP contribution in [-0.2, 0) is 10.0 Å². The second kappa shape index (κ2) is 4.86. The first kappa shape index (κ1) is 13.0. The van der Waals surface area contributed by atoms with Crippen molar-refractivity contribution in [3.8, 4) is 0 Å². The summed E-state index contributed by atoms with van der Waals surface area (Å²) in [6, 6.07) is 4.73. The van der Waals surface area contributed by atoms with Gasteiger partial charge in [-0.05, 0) is 24.6 Å². The fourth-order valence-electron chi connectivity index (χ4n) is 1.17. The lowest BCUT2D eigenvalue weighted by atomic mass is 10.2. The van der Waals surface area contributed by atoms with E-state index in [9.17, 15) is 8.42 Å². The number of nitrogens with one attached hydrogen (secondary N) is 1. The molecule has 4 nitrogen and oxygen atoms in total. The molecule has 0 amide bonds. The van der Waals surface area contributed by atoms with E-state index in [1.807, 2.05) is 0 Å². The minimum atomic E-state index is -3.58. The molecule has 6 heteroatoms. The number of rotatable bonds is 4. The summed E-state index contributed by atoms with van der Waals surface area (Å²) in [5.74, 6) is 0. The van der Waals surface area contributed by atoms with Gasteiger partial charge in [-0.2, -0.15) is 0 Å². The van der Waals surface area contributed by atoms with E-state index in [1.165, 1.54) is 6.07 Å². The van der Waals surface area contributed by atoms with E-state index in [0.29, 0.717) is 11.3 Å². The van der Waals surface area contributed by atoms with Crippen LogP contribution in [0.2, 0.25) is 0 Å². The molecular weight excluding hydrogens is 248 g/mol. The van der Waals surface area contributed by atoms with Crippen LogP contribution in [0.1, 0.15) is 5.56 Å². The first-order valence-corrected chi connectivity index (χ1v) is 6.39. The van der Waals surface area contributed by atoms with E-state index in [-0.39, 0.29) is 16.5 Å². The van der Waals surface area contributed by atoms with E-state index in [0.717, 1.165) is 0 Å². The molecule has 0 bridgehead atoms. The zero-order chi connectivity index (χ0) is 12.3. The molecule has 0 aliphatic carbocycles. The lowest BCUT2D eigenvalue weighted by molar-refractivity contribution is 0.585. The Morgan fingerprint density at radius 1 is 1.56 bits per heavy atom. The Morgan fingerprint density at radius 2 is 2.19 bits per heavy atom. The summed E-state index contributed by atoms with van der Waals surface area (Å²) in [4.78, 5) is 0.158. The highest BCUT2D eigenvalue weighted by Gasteiger charge is 2.17. The van der Waals surface area contributed by atoms with Crippen molar-refractivity contribution in [2.45, 2.75) is 11.8 Å². The molecule has 1 aromatic rings. The number of halogens is 1. The molecule has 1 rings (SSSR count). The molecule has 0 aromatic heterocycles. The first-order chi connectivity index (χ1) is 7.34. The number of nitrogen functional groups attached to an aromatic ring is 1. The van der Waals surface area contributed by atoms with Crippen LogP contribution in [0.3, 0.4) is 0 Å². The number of anilines is 1. The molecular formula is C10H13ClN2O2S. The van der Waals surface area contributed by atoms with Crippen LogP contribution >= 0.6 is 11.6 Å². The van der Waals surface area contributed by atoms with Crippen molar-refractivity contribution in [2.75, 3.05) is 12.3 Å². The normalized spacial score (nSPS) is 11.4. The number of sulfonamides is 1. The van der Waals surface area contributed by atoms with Crippen LogP contribution in [0.5, 0.6) is 0 Å². The van der Waals surface area contributed by atoms with E-state index in [4.69, 9.17) is 17.3 Å². The van der Waals surface area contributed by atoms with Crippen LogP contribution in [-0.4, -0.2) is 15.0 Å². The fraction of sp³-hybridized carbons (Fsp3) is 0.200. The van der Waals surface area contributed by atoms with Crippen molar-refractivity contribution in [2.24, 2.45) is 0 Å². The van der Waals surface area contributed by atoms with Crippen molar-refractivity contribution in [3.63, 3.8) is 0 Å². The van der Waals surface area contributed by atoms with Crippen LogP contribution in [0.25, 0.3) is 0 Å². The summed E-state index contributed by atoms with van der Waals surface area (Å²) in [6.45, 7) is 5.06. The van der Waals surface area contributed by atoms with Crippen LogP contribution in [0.4, 0.5) is 5.69 Å². The van der Waals surface area contributed by atoms with Gasteiger partial charge in [-0.15, -0.1) is 0 Å². The van der Waals surface area contributed by atoms with Gasteiger partial charge in [-0.25, -0.2) is 13.1 Å². The van der Waals surface area contributed by atoms with E-state index >= 15 is 0 Å². The smallest absolute Gasteiger partial charge is 0.241 e. The lowest BCUT2D eigenvalue weighted by Gasteiger charge is -2.10. The van der Waals surface area contributed by atoms with Gasteiger partial charge in [0.25, 0.3) is 0 Å². The summed E-state index contributed by atoms with van der Waals surface area (Å²) >= 11 is 5.50. The standard InChI is InChI=1S/C10H13ClN2O2S/c1-7(11)6-13-16(14,15)10-5-3-4-9(12)8(10)2/h3-5,13H,1,6,12H2,2H3. The van der Waals surface area contributed by atoms with E-state index in [2.05, 4.69) is 11.3 Å². The van der Waals surface area contributed by atoms with Crippen molar-refractivity contribution >= 4 is 27.3 Å². The average Bonchev–Trinajstić information content (AvgIpc) is 2.19. The van der Waals surface area contributed by atoms with Crippen molar-refractivity contribution in [3.05, 3.63) is 35.4 Å². The fourth-order valence-corrected chi connectivity index (χ4v) is 2.62. The van der Waals surface area contributed by atoms with Gasteiger partial charge in [0.2, 0.25) is 10.0 Å². The largest absolute Gasteiger partial charge is 0.398 e. The topological polar surface area (TPSA) is 72.2 Å². The third kappa shape index (κ3) is 2.98. The molecule has 3 N–H and O–H groups in total. The molecule has 16 heavy (non-hydrogen) atoms. The number of hydrogen-bond donors (Lipinski definition) is 2. The summed E-state index contributed by atoms with van der Waals surface area (Å²) < 4.78 is 26.0. The molecule has 88 valence electrons. The van der Waals surface area contributed by atoms with Gasteiger partial charge in [0.15, 0.2) is 0 Å². The maximum absolute atomic E-state index is 11.8. The van der Waals surface area contributed by atoms with Crippen molar-refractivity contribution < 1.29 is 8.42 Å².